The largest absolute Gasteiger partial charge is 0.478 e. The van der Waals surface area contributed by atoms with Gasteiger partial charge in [-0.15, -0.1) is 0 Å². The molecule has 2 rings (SSSR count). The number of anilines is 1. The van der Waals surface area contributed by atoms with Crippen molar-refractivity contribution < 1.29 is 14.7 Å². The van der Waals surface area contributed by atoms with Crippen LogP contribution in [0.3, 0.4) is 0 Å². The summed E-state index contributed by atoms with van der Waals surface area (Å²) in [5, 5.41) is 12.1. The summed E-state index contributed by atoms with van der Waals surface area (Å²) < 4.78 is 0. The van der Waals surface area contributed by atoms with Crippen molar-refractivity contribution >= 4 is 23.4 Å². The van der Waals surface area contributed by atoms with Gasteiger partial charge in [0.05, 0.1) is 11.3 Å². The lowest BCUT2D eigenvalue weighted by Crippen LogP contribution is -2.44. The van der Waals surface area contributed by atoms with Crippen LogP contribution in [0.4, 0.5) is 5.69 Å². The smallest absolute Gasteiger partial charge is 0.337 e. The summed E-state index contributed by atoms with van der Waals surface area (Å²) in [5.41, 5.74) is 0.449. The molecule has 1 heterocycles. The van der Waals surface area contributed by atoms with E-state index in [1.165, 1.54) is 11.0 Å². The van der Waals surface area contributed by atoms with Crippen LogP contribution in [0, 0.1) is 0 Å². The second kappa shape index (κ2) is 5.51. The molecule has 1 amide bonds. The number of hydrogen-bond acceptors (Lipinski definition) is 4. The van der Waals surface area contributed by atoms with E-state index in [1.807, 2.05) is 0 Å². The Morgan fingerprint density at radius 1 is 1.37 bits per heavy atom. The molecule has 0 bridgehead atoms. The van der Waals surface area contributed by atoms with Crippen LogP contribution in [0.15, 0.2) is 29.3 Å². The van der Waals surface area contributed by atoms with Gasteiger partial charge in [-0.1, -0.05) is 12.1 Å². The predicted octanol–water partition coefficient (Wildman–Crippen LogP) is 0.739. The normalized spacial score (nSPS) is 14.3. The fourth-order valence-corrected chi connectivity index (χ4v) is 1.89. The molecule has 0 saturated carbocycles. The Hall–Kier alpha value is -2.37. The summed E-state index contributed by atoms with van der Waals surface area (Å²) in [6, 6.07) is 6.39. The molecule has 1 aromatic carbocycles. The van der Waals surface area contributed by atoms with Gasteiger partial charge in [-0.3, -0.25) is 9.79 Å². The van der Waals surface area contributed by atoms with E-state index in [0.717, 1.165) is 6.42 Å². The topological polar surface area (TPSA) is 82.0 Å². The standard InChI is InChI=1S/C13H15N3O3/c1-16(12(17)11-14-7-4-8-15-11)10-6-3-2-5-9(10)13(18)19/h2-3,5-6H,4,7-8H2,1H3,(H,14,15)(H,18,19). The van der Waals surface area contributed by atoms with Crippen LogP contribution in [0.5, 0.6) is 0 Å². The molecular formula is C13H15N3O3. The van der Waals surface area contributed by atoms with Gasteiger partial charge in [0.25, 0.3) is 5.91 Å². The number of amides is 1. The minimum absolute atomic E-state index is 0.0924. The Balaban J connectivity index is 2.29. The Labute approximate surface area is 110 Å². The van der Waals surface area contributed by atoms with Gasteiger partial charge in [0.1, 0.15) is 0 Å². The first-order valence-electron chi connectivity index (χ1n) is 6.00. The second-order valence-corrected chi connectivity index (χ2v) is 4.20. The molecule has 0 unspecified atom stereocenters. The molecule has 6 heteroatoms. The van der Waals surface area contributed by atoms with Gasteiger partial charge < -0.3 is 15.3 Å². The maximum absolute atomic E-state index is 12.2. The van der Waals surface area contributed by atoms with E-state index in [0.29, 0.717) is 18.8 Å². The molecule has 6 nitrogen and oxygen atoms in total. The van der Waals surface area contributed by atoms with E-state index in [-0.39, 0.29) is 17.3 Å². The number of rotatable bonds is 3. The Morgan fingerprint density at radius 3 is 2.74 bits per heavy atom. The zero-order valence-electron chi connectivity index (χ0n) is 10.6. The van der Waals surface area contributed by atoms with E-state index in [2.05, 4.69) is 10.3 Å². The average Bonchev–Trinajstić information content (AvgIpc) is 2.46. The number of carbonyl (C=O) groups excluding carboxylic acids is 1. The minimum atomic E-state index is -1.06. The van der Waals surface area contributed by atoms with Crippen LogP contribution >= 0.6 is 0 Å². The van der Waals surface area contributed by atoms with Crippen LogP contribution in [0.2, 0.25) is 0 Å². The molecule has 0 aliphatic carbocycles. The van der Waals surface area contributed by atoms with Crippen LogP contribution in [0.25, 0.3) is 0 Å². The van der Waals surface area contributed by atoms with Crippen LogP contribution in [-0.4, -0.2) is 43.0 Å². The molecular weight excluding hydrogens is 246 g/mol. The van der Waals surface area contributed by atoms with Crippen LogP contribution in [0.1, 0.15) is 16.8 Å². The molecule has 1 aliphatic heterocycles. The molecule has 0 saturated heterocycles. The predicted molar refractivity (Wildman–Crippen MR) is 71.7 cm³/mol. The number of nitrogens with one attached hydrogen (secondary N) is 1. The monoisotopic (exact) mass is 261 g/mol. The summed E-state index contributed by atoms with van der Waals surface area (Å²) in [5.74, 6) is -1.10. The van der Waals surface area contributed by atoms with Crippen molar-refractivity contribution in [2.75, 3.05) is 25.0 Å². The number of benzene rings is 1. The number of carboxylic acids is 1. The van der Waals surface area contributed by atoms with Crippen molar-refractivity contribution in [2.24, 2.45) is 4.99 Å². The van der Waals surface area contributed by atoms with Crippen LogP contribution in [-0.2, 0) is 4.79 Å². The number of hydrogen-bond donors (Lipinski definition) is 2. The maximum atomic E-state index is 12.2. The summed E-state index contributed by atoms with van der Waals surface area (Å²) in [4.78, 5) is 28.8. The van der Waals surface area contributed by atoms with Gasteiger partial charge in [0.15, 0.2) is 5.84 Å². The number of amidine groups is 1. The van der Waals surface area contributed by atoms with Gasteiger partial charge in [0.2, 0.25) is 0 Å². The average molecular weight is 261 g/mol. The lowest BCUT2D eigenvalue weighted by molar-refractivity contribution is -0.112. The molecule has 0 atom stereocenters. The highest BCUT2D eigenvalue weighted by atomic mass is 16.4. The highest BCUT2D eigenvalue weighted by Crippen LogP contribution is 2.19. The van der Waals surface area contributed by atoms with Crippen molar-refractivity contribution in [3.8, 4) is 0 Å². The highest BCUT2D eigenvalue weighted by Gasteiger charge is 2.22. The SMILES string of the molecule is CN(C(=O)C1=NCCCN1)c1ccccc1C(=O)O. The quantitative estimate of drug-likeness (QED) is 0.840. The van der Waals surface area contributed by atoms with Crippen molar-refractivity contribution in [1.82, 2.24) is 5.32 Å². The molecule has 0 fully saturated rings. The Bertz CT molecular complexity index is 540. The molecule has 0 spiro atoms. The van der Waals surface area contributed by atoms with Crippen LogP contribution < -0.4 is 10.2 Å². The van der Waals surface area contributed by atoms with Gasteiger partial charge in [-0.25, -0.2) is 4.79 Å². The molecule has 100 valence electrons. The highest BCUT2D eigenvalue weighted by molar-refractivity contribution is 6.43. The van der Waals surface area contributed by atoms with Gasteiger partial charge in [-0.2, -0.15) is 0 Å². The third-order valence-electron chi connectivity index (χ3n) is 2.90. The fraction of sp³-hybridized carbons (Fsp3) is 0.308. The number of carboxylic acid groups (broad SMARTS) is 1. The van der Waals surface area contributed by atoms with Gasteiger partial charge in [0, 0.05) is 20.1 Å². The second-order valence-electron chi connectivity index (χ2n) is 4.20. The van der Waals surface area contributed by atoms with E-state index >= 15 is 0 Å². The minimum Gasteiger partial charge on any atom is -0.478 e. The third-order valence-corrected chi connectivity index (χ3v) is 2.90. The fourth-order valence-electron chi connectivity index (χ4n) is 1.89. The molecule has 19 heavy (non-hydrogen) atoms. The molecule has 0 aromatic heterocycles. The number of aliphatic imine (C=N–C) groups is 1. The van der Waals surface area contributed by atoms with E-state index < -0.39 is 5.97 Å². The number of likely N-dealkylation sites (N-methyl/N-ethyl adjacent to an activating group) is 1. The van der Waals surface area contributed by atoms with Crippen molar-refractivity contribution in [1.29, 1.82) is 0 Å². The Morgan fingerprint density at radius 2 is 2.11 bits per heavy atom. The lowest BCUT2D eigenvalue weighted by atomic mass is 10.1. The number of para-hydroxylation sites is 1. The van der Waals surface area contributed by atoms with Gasteiger partial charge in [-0.05, 0) is 18.6 Å². The first kappa shape index (κ1) is 13.1. The van der Waals surface area contributed by atoms with Crippen molar-refractivity contribution in [3.05, 3.63) is 29.8 Å². The zero-order valence-corrected chi connectivity index (χ0v) is 10.6. The Kier molecular flexibility index (Phi) is 3.79. The first-order valence-corrected chi connectivity index (χ1v) is 6.00. The molecule has 1 aromatic rings. The zero-order chi connectivity index (χ0) is 13.8. The summed E-state index contributed by atoms with van der Waals surface area (Å²) in [7, 11) is 1.54. The molecule has 2 N–H and O–H groups in total. The summed E-state index contributed by atoms with van der Waals surface area (Å²) in [6.45, 7) is 1.32. The third kappa shape index (κ3) is 2.73. The number of aromatic carboxylic acids is 1. The van der Waals surface area contributed by atoms with Crippen molar-refractivity contribution in [2.45, 2.75) is 6.42 Å². The van der Waals surface area contributed by atoms with Crippen molar-refractivity contribution in [3.63, 3.8) is 0 Å². The lowest BCUT2D eigenvalue weighted by Gasteiger charge is -2.22. The van der Waals surface area contributed by atoms with Gasteiger partial charge >= 0.3 is 5.97 Å². The summed E-state index contributed by atoms with van der Waals surface area (Å²) >= 11 is 0. The maximum Gasteiger partial charge on any atom is 0.337 e. The first-order chi connectivity index (χ1) is 9.11. The van der Waals surface area contributed by atoms with E-state index in [4.69, 9.17) is 5.11 Å². The summed E-state index contributed by atoms with van der Waals surface area (Å²) in [6.07, 6.45) is 0.895. The van der Waals surface area contributed by atoms with E-state index in [9.17, 15) is 9.59 Å². The van der Waals surface area contributed by atoms with E-state index in [1.54, 1.807) is 25.2 Å². The molecule has 0 radical (unpaired) electrons. The molecule has 1 aliphatic rings. The number of carbonyl (C=O) groups is 2. The number of nitrogens with zero attached hydrogens (tertiary/aromatic N) is 2.